The average Bonchev–Trinajstić information content (AvgIpc) is 3.27. The van der Waals surface area contributed by atoms with Crippen molar-refractivity contribution >= 4 is 17.6 Å². The number of piperidine rings is 1. The maximum atomic E-state index is 11.4. The molecular weight excluding hydrogens is 438 g/mol. The lowest BCUT2D eigenvalue weighted by Crippen LogP contribution is -2.42. The first kappa shape index (κ1) is 23.5. The highest BCUT2D eigenvalue weighted by Gasteiger charge is 2.36. The van der Waals surface area contributed by atoms with Crippen LogP contribution >= 0.6 is 11.6 Å². The van der Waals surface area contributed by atoms with Crippen molar-refractivity contribution in [1.29, 1.82) is 0 Å². The van der Waals surface area contributed by atoms with Crippen LogP contribution in [0.25, 0.3) is 22.8 Å². The zero-order chi connectivity index (χ0) is 23.6. The van der Waals surface area contributed by atoms with E-state index in [0.29, 0.717) is 35.5 Å². The molecule has 0 saturated carbocycles. The summed E-state index contributed by atoms with van der Waals surface area (Å²) in [5.41, 5.74) is 3.37. The number of benzene rings is 2. The van der Waals surface area contributed by atoms with Gasteiger partial charge in [-0.1, -0.05) is 60.9 Å². The molecular formula is C26H30ClN3O3. The summed E-state index contributed by atoms with van der Waals surface area (Å²) in [6.07, 6.45) is 2.19. The molecule has 1 fully saturated rings. The van der Waals surface area contributed by atoms with Gasteiger partial charge in [0.15, 0.2) is 0 Å². The molecule has 3 aromatic rings. The van der Waals surface area contributed by atoms with Crippen molar-refractivity contribution in [2.24, 2.45) is 11.3 Å². The lowest BCUT2D eigenvalue weighted by atomic mass is 9.80. The molecule has 4 rings (SSSR count). The molecule has 1 aromatic heterocycles. The van der Waals surface area contributed by atoms with Crippen molar-refractivity contribution in [3.63, 3.8) is 0 Å². The topological polar surface area (TPSA) is 79.5 Å². The molecule has 0 bridgehead atoms. The molecule has 6 nitrogen and oxygen atoms in total. The third-order valence-corrected chi connectivity index (χ3v) is 6.84. The Bertz CT molecular complexity index is 1120. The molecule has 0 unspecified atom stereocenters. The number of carbonyl (C=O) groups is 1. The van der Waals surface area contributed by atoms with Crippen LogP contribution in [-0.4, -0.2) is 39.2 Å². The quantitative estimate of drug-likeness (QED) is 0.463. The van der Waals surface area contributed by atoms with Crippen LogP contribution in [0.15, 0.2) is 47.0 Å². The minimum atomic E-state index is -0.694. The van der Waals surface area contributed by atoms with E-state index in [1.165, 1.54) is 5.56 Å². The minimum absolute atomic E-state index is 0.455. The Labute approximate surface area is 199 Å². The second kappa shape index (κ2) is 9.65. The first-order valence-corrected chi connectivity index (χ1v) is 11.8. The molecule has 174 valence electrons. The van der Waals surface area contributed by atoms with Crippen LogP contribution in [0.3, 0.4) is 0 Å². The minimum Gasteiger partial charge on any atom is -0.481 e. The van der Waals surface area contributed by atoms with Gasteiger partial charge in [0.2, 0.25) is 5.82 Å². The third-order valence-electron chi connectivity index (χ3n) is 6.48. The summed E-state index contributed by atoms with van der Waals surface area (Å²) in [6.45, 7) is 8.53. The average molecular weight is 468 g/mol. The summed E-state index contributed by atoms with van der Waals surface area (Å²) in [6, 6.07) is 13.9. The van der Waals surface area contributed by atoms with Crippen LogP contribution in [0.4, 0.5) is 0 Å². The highest BCUT2D eigenvalue weighted by molar-refractivity contribution is 6.31. The van der Waals surface area contributed by atoms with Gasteiger partial charge in [-0.15, -0.1) is 0 Å². The van der Waals surface area contributed by atoms with Crippen LogP contribution in [0, 0.1) is 11.3 Å². The molecule has 33 heavy (non-hydrogen) atoms. The Balaban J connectivity index is 1.45. The maximum absolute atomic E-state index is 11.4. The van der Waals surface area contributed by atoms with Gasteiger partial charge < -0.3 is 9.63 Å². The number of carboxylic acids is 1. The summed E-state index contributed by atoms with van der Waals surface area (Å²) in [4.78, 5) is 18.4. The van der Waals surface area contributed by atoms with Crippen LogP contribution in [0.1, 0.15) is 44.7 Å². The number of carboxylic acid groups (broad SMARTS) is 1. The summed E-state index contributed by atoms with van der Waals surface area (Å²) in [5.74, 6) is 0.778. The molecule has 0 atom stereocenters. The van der Waals surface area contributed by atoms with Crippen molar-refractivity contribution in [3.05, 3.63) is 58.6 Å². The van der Waals surface area contributed by atoms with Crippen molar-refractivity contribution in [2.45, 2.75) is 46.6 Å². The van der Waals surface area contributed by atoms with Crippen LogP contribution < -0.4 is 0 Å². The molecule has 1 saturated heterocycles. The van der Waals surface area contributed by atoms with E-state index < -0.39 is 11.4 Å². The second-order valence-electron chi connectivity index (χ2n) is 9.63. The van der Waals surface area contributed by atoms with Gasteiger partial charge >= 0.3 is 5.97 Å². The predicted octanol–water partition coefficient (Wildman–Crippen LogP) is 5.94. The first-order valence-electron chi connectivity index (χ1n) is 11.4. The smallest absolute Gasteiger partial charge is 0.309 e. The van der Waals surface area contributed by atoms with Crippen LogP contribution in [0.2, 0.25) is 5.02 Å². The second-order valence-corrected chi connectivity index (χ2v) is 10.0. The largest absolute Gasteiger partial charge is 0.481 e. The highest BCUT2D eigenvalue weighted by Crippen LogP contribution is 2.33. The third kappa shape index (κ3) is 5.28. The molecule has 1 aliphatic heterocycles. The highest BCUT2D eigenvalue weighted by atomic mass is 35.5. The number of hydrogen-bond acceptors (Lipinski definition) is 5. The fourth-order valence-electron chi connectivity index (χ4n) is 4.26. The Morgan fingerprint density at radius 1 is 1.18 bits per heavy atom. The van der Waals surface area contributed by atoms with Gasteiger partial charge in [-0.2, -0.15) is 4.98 Å². The van der Waals surface area contributed by atoms with E-state index in [9.17, 15) is 9.90 Å². The van der Waals surface area contributed by atoms with Gasteiger partial charge in [-0.25, -0.2) is 0 Å². The monoisotopic (exact) mass is 467 g/mol. The van der Waals surface area contributed by atoms with Gasteiger partial charge in [0.05, 0.1) is 5.41 Å². The molecule has 1 aliphatic rings. The molecule has 0 spiro atoms. The van der Waals surface area contributed by atoms with E-state index >= 15 is 0 Å². The number of aliphatic carboxylic acids is 1. The van der Waals surface area contributed by atoms with E-state index in [1.807, 2.05) is 37.3 Å². The van der Waals surface area contributed by atoms with Crippen molar-refractivity contribution in [2.75, 3.05) is 13.1 Å². The lowest BCUT2D eigenvalue weighted by molar-refractivity contribution is -0.150. The SMILES string of the molecule is CC(C)Cc1c(Cl)cccc1-c1nc(-c2ccc(CN3CCC(C)(C(=O)O)CC3)cc2)no1. The molecule has 0 aliphatic carbocycles. The van der Waals surface area contributed by atoms with Crippen LogP contribution in [0.5, 0.6) is 0 Å². The van der Waals surface area contributed by atoms with Crippen molar-refractivity contribution in [3.8, 4) is 22.8 Å². The standard InChI is InChI=1S/C26H30ClN3O3/c1-17(2)15-21-20(5-4-6-22(21)27)24-28-23(29-33-24)19-9-7-18(8-10-19)16-30-13-11-26(3,12-14-30)25(31)32/h4-10,17H,11-16H2,1-3H3,(H,31,32). The van der Waals surface area contributed by atoms with Gasteiger partial charge in [-0.05, 0) is 68.5 Å². The van der Waals surface area contributed by atoms with Gasteiger partial charge in [0.1, 0.15) is 0 Å². The van der Waals surface area contributed by atoms with E-state index in [2.05, 4.69) is 41.0 Å². The zero-order valence-electron chi connectivity index (χ0n) is 19.3. The van der Waals surface area contributed by atoms with Gasteiger partial charge in [-0.3, -0.25) is 9.69 Å². The van der Waals surface area contributed by atoms with E-state index in [0.717, 1.165) is 42.7 Å². The predicted molar refractivity (Wildman–Crippen MR) is 129 cm³/mol. The molecule has 0 radical (unpaired) electrons. The first-order chi connectivity index (χ1) is 15.7. The summed E-state index contributed by atoms with van der Waals surface area (Å²) in [7, 11) is 0. The fraction of sp³-hybridized carbons (Fsp3) is 0.423. The summed E-state index contributed by atoms with van der Waals surface area (Å²) < 4.78 is 5.60. The normalized spacial score (nSPS) is 16.3. The number of halogens is 1. The fourth-order valence-corrected chi connectivity index (χ4v) is 4.51. The van der Waals surface area contributed by atoms with Gasteiger partial charge in [0, 0.05) is 22.7 Å². The van der Waals surface area contributed by atoms with E-state index in [-0.39, 0.29) is 0 Å². The zero-order valence-corrected chi connectivity index (χ0v) is 20.1. The van der Waals surface area contributed by atoms with Gasteiger partial charge in [0.25, 0.3) is 5.89 Å². The maximum Gasteiger partial charge on any atom is 0.309 e. The van der Waals surface area contributed by atoms with Crippen molar-refractivity contribution in [1.82, 2.24) is 15.0 Å². The Morgan fingerprint density at radius 3 is 2.52 bits per heavy atom. The number of hydrogen-bond donors (Lipinski definition) is 1. The number of rotatable bonds is 7. The molecule has 2 aromatic carbocycles. The molecule has 1 N–H and O–H groups in total. The number of likely N-dealkylation sites (tertiary alicyclic amines) is 1. The Morgan fingerprint density at radius 2 is 1.88 bits per heavy atom. The lowest BCUT2D eigenvalue weighted by Gasteiger charge is -2.36. The Kier molecular flexibility index (Phi) is 6.86. The number of aromatic nitrogens is 2. The van der Waals surface area contributed by atoms with Crippen LogP contribution in [-0.2, 0) is 17.8 Å². The number of nitrogens with zero attached hydrogens (tertiary/aromatic N) is 3. The molecule has 0 amide bonds. The summed E-state index contributed by atoms with van der Waals surface area (Å²) in [5, 5.41) is 14.3. The Hall–Kier alpha value is -2.70. The molecule has 7 heteroatoms. The summed E-state index contributed by atoms with van der Waals surface area (Å²) >= 11 is 6.45. The molecule has 2 heterocycles. The van der Waals surface area contributed by atoms with E-state index in [1.54, 1.807) is 0 Å². The van der Waals surface area contributed by atoms with Crippen molar-refractivity contribution < 1.29 is 14.4 Å². The van der Waals surface area contributed by atoms with E-state index in [4.69, 9.17) is 16.1 Å².